The highest BCUT2D eigenvalue weighted by Crippen LogP contribution is 2.38. The molecule has 1 aliphatic heterocycles. The van der Waals surface area contributed by atoms with Gasteiger partial charge in [-0.15, -0.1) is 0 Å². The van der Waals surface area contributed by atoms with Gasteiger partial charge in [0.05, 0.1) is 27.0 Å². The molecule has 1 aromatic rings. The second-order valence-electron chi connectivity index (χ2n) is 4.48. The van der Waals surface area contributed by atoms with Crippen LogP contribution in [0, 0.1) is 0 Å². The summed E-state index contributed by atoms with van der Waals surface area (Å²) in [6.45, 7) is 0. The van der Waals surface area contributed by atoms with Crippen LogP contribution in [0.5, 0.6) is 5.75 Å². The van der Waals surface area contributed by atoms with E-state index in [0.29, 0.717) is 11.3 Å². The first-order chi connectivity index (χ1) is 9.75. The molecule has 0 saturated carbocycles. The standard InChI is InChI=1S/C13H7Cl2F3N2O/c14-9-2-7(13(16,17)18)3-10(15)12(9)20-5-6-1-8(21)4-11(6)19-20/h1-5,19,21H. The van der Waals surface area contributed by atoms with Crippen molar-refractivity contribution in [2.75, 3.05) is 0 Å². The van der Waals surface area contributed by atoms with Crippen molar-refractivity contribution in [3.8, 4) is 22.7 Å². The number of rotatable bonds is 1. The highest BCUT2D eigenvalue weighted by molar-refractivity contribution is 6.37. The van der Waals surface area contributed by atoms with E-state index in [4.69, 9.17) is 23.2 Å². The molecule has 3 nitrogen and oxygen atoms in total. The van der Waals surface area contributed by atoms with E-state index >= 15 is 0 Å². The molecule has 110 valence electrons. The highest BCUT2D eigenvalue weighted by atomic mass is 35.5. The maximum atomic E-state index is 12.7. The van der Waals surface area contributed by atoms with Crippen molar-refractivity contribution in [1.29, 1.82) is 0 Å². The molecule has 0 saturated heterocycles. The average molecular weight is 335 g/mol. The number of halogens is 5. The van der Waals surface area contributed by atoms with Crippen LogP contribution in [0.4, 0.5) is 13.2 Å². The number of aromatic hydroxyl groups is 1. The van der Waals surface area contributed by atoms with Gasteiger partial charge in [0.25, 0.3) is 0 Å². The van der Waals surface area contributed by atoms with E-state index in [-0.39, 0.29) is 21.5 Å². The Morgan fingerprint density at radius 2 is 1.67 bits per heavy atom. The van der Waals surface area contributed by atoms with Crippen LogP contribution in [0.2, 0.25) is 10.0 Å². The number of hydrogen-bond acceptors (Lipinski definition) is 1. The lowest BCUT2D eigenvalue weighted by Crippen LogP contribution is -2.06. The fraction of sp³-hybridized carbons (Fsp3) is 0.0769. The maximum Gasteiger partial charge on any atom is 0.416 e. The van der Waals surface area contributed by atoms with Crippen LogP contribution in [0.15, 0.2) is 30.5 Å². The minimum Gasteiger partial charge on any atom is -0.508 e. The van der Waals surface area contributed by atoms with E-state index in [9.17, 15) is 18.3 Å². The molecule has 0 amide bonds. The first-order valence-electron chi connectivity index (χ1n) is 5.72. The number of aromatic amines is 1. The van der Waals surface area contributed by atoms with Gasteiger partial charge in [0.2, 0.25) is 0 Å². The molecule has 21 heavy (non-hydrogen) atoms. The van der Waals surface area contributed by atoms with Crippen molar-refractivity contribution in [2.24, 2.45) is 0 Å². The Morgan fingerprint density at radius 1 is 1.05 bits per heavy atom. The van der Waals surface area contributed by atoms with E-state index in [1.54, 1.807) is 6.20 Å². The number of nitrogens with one attached hydrogen (secondary N) is 1. The Hall–Kier alpha value is -1.79. The Bertz CT molecular complexity index is 740. The third-order valence-corrected chi connectivity index (χ3v) is 3.58. The van der Waals surface area contributed by atoms with Crippen LogP contribution in [-0.2, 0) is 6.18 Å². The fourth-order valence-corrected chi connectivity index (χ4v) is 2.76. The lowest BCUT2D eigenvalue weighted by molar-refractivity contribution is -0.137. The third-order valence-electron chi connectivity index (χ3n) is 3.00. The molecule has 0 fully saturated rings. The van der Waals surface area contributed by atoms with Crippen molar-refractivity contribution in [2.45, 2.75) is 6.18 Å². The molecule has 0 atom stereocenters. The molecule has 1 heterocycles. The summed E-state index contributed by atoms with van der Waals surface area (Å²) in [5.74, 6) is 0.0908. The molecule has 2 N–H and O–H groups in total. The lowest BCUT2D eigenvalue weighted by atomic mass is 10.2. The third kappa shape index (κ3) is 2.45. The zero-order valence-corrected chi connectivity index (χ0v) is 11.7. The number of benzene rings is 1. The molecule has 0 radical (unpaired) electrons. The molecular formula is C13H7Cl2F3N2O. The zero-order chi connectivity index (χ0) is 15.4. The normalized spacial score (nSPS) is 12.2. The number of alkyl halides is 3. The van der Waals surface area contributed by atoms with Crippen molar-refractivity contribution in [3.63, 3.8) is 0 Å². The summed E-state index contributed by atoms with van der Waals surface area (Å²) < 4.78 is 39.5. The van der Waals surface area contributed by atoms with Gasteiger partial charge in [0, 0.05) is 17.8 Å². The SMILES string of the molecule is Oc1cc2cn(-c3c(Cl)cc(C(F)(F)F)cc3Cl)[nH]c-2c1. The van der Waals surface area contributed by atoms with Gasteiger partial charge < -0.3 is 5.11 Å². The highest BCUT2D eigenvalue weighted by Gasteiger charge is 2.32. The first kappa shape index (κ1) is 14.2. The van der Waals surface area contributed by atoms with Gasteiger partial charge in [0.15, 0.2) is 0 Å². The Morgan fingerprint density at radius 3 is 2.19 bits per heavy atom. The largest absolute Gasteiger partial charge is 0.508 e. The molecule has 0 unspecified atom stereocenters. The molecule has 0 aromatic heterocycles. The van der Waals surface area contributed by atoms with E-state index in [0.717, 1.165) is 12.1 Å². The van der Waals surface area contributed by atoms with Crippen LogP contribution in [0.3, 0.4) is 0 Å². The summed E-state index contributed by atoms with van der Waals surface area (Å²) in [5.41, 5.74) is 0.589. The van der Waals surface area contributed by atoms with E-state index < -0.39 is 11.7 Å². The summed E-state index contributed by atoms with van der Waals surface area (Å²) in [7, 11) is 0. The van der Waals surface area contributed by atoms with Gasteiger partial charge in [0.1, 0.15) is 5.75 Å². The predicted molar refractivity (Wildman–Crippen MR) is 73.4 cm³/mol. The van der Waals surface area contributed by atoms with Gasteiger partial charge in [-0.05, 0) is 18.2 Å². The van der Waals surface area contributed by atoms with Crippen molar-refractivity contribution >= 4 is 23.2 Å². The Labute approximate surface area is 126 Å². The summed E-state index contributed by atoms with van der Waals surface area (Å²) in [6, 6.07) is 4.63. The topological polar surface area (TPSA) is 41.0 Å². The second kappa shape index (κ2) is 4.61. The fourth-order valence-electron chi connectivity index (χ4n) is 2.09. The number of nitrogens with zero attached hydrogens (tertiary/aromatic N) is 1. The number of H-pyrrole nitrogens is 1. The second-order valence-corrected chi connectivity index (χ2v) is 5.29. The quantitative estimate of drug-likeness (QED) is 0.650. The molecule has 3 rings (SSSR count). The smallest absolute Gasteiger partial charge is 0.416 e. The molecule has 0 bridgehead atoms. The van der Waals surface area contributed by atoms with Crippen LogP contribution < -0.4 is 0 Å². The van der Waals surface area contributed by atoms with E-state index in [1.165, 1.54) is 16.8 Å². The summed E-state index contributed by atoms with van der Waals surface area (Å²) in [6.07, 6.45) is -2.94. The van der Waals surface area contributed by atoms with Crippen LogP contribution in [-0.4, -0.2) is 14.9 Å². The van der Waals surface area contributed by atoms with Crippen molar-refractivity contribution in [1.82, 2.24) is 9.78 Å². The monoisotopic (exact) mass is 334 g/mol. The van der Waals surface area contributed by atoms with Crippen molar-refractivity contribution in [3.05, 3.63) is 46.1 Å². The van der Waals surface area contributed by atoms with Gasteiger partial charge in [-0.2, -0.15) is 13.2 Å². The average Bonchev–Trinajstić information content (AvgIpc) is 2.83. The van der Waals surface area contributed by atoms with Gasteiger partial charge in [-0.3, -0.25) is 9.78 Å². The van der Waals surface area contributed by atoms with E-state index in [2.05, 4.69) is 5.10 Å². The van der Waals surface area contributed by atoms with Gasteiger partial charge in [-0.25, -0.2) is 0 Å². The molecule has 1 aromatic carbocycles. The first-order valence-corrected chi connectivity index (χ1v) is 6.48. The number of aromatic nitrogens is 2. The maximum absolute atomic E-state index is 12.7. The Balaban J connectivity index is 2.14. The lowest BCUT2D eigenvalue weighted by Gasteiger charge is -2.12. The minimum absolute atomic E-state index is 0.0908. The van der Waals surface area contributed by atoms with Crippen LogP contribution in [0.1, 0.15) is 5.56 Å². The molecule has 8 heteroatoms. The van der Waals surface area contributed by atoms with Gasteiger partial charge >= 0.3 is 6.18 Å². The number of fused-ring (bicyclic) bond motifs is 1. The Kier molecular flexibility index (Phi) is 3.11. The van der Waals surface area contributed by atoms with Crippen molar-refractivity contribution < 1.29 is 18.3 Å². The predicted octanol–water partition coefficient (Wildman–Crippen LogP) is 4.94. The summed E-state index contributed by atoms with van der Waals surface area (Å²) >= 11 is 11.9. The molecular weight excluding hydrogens is 328 g/mol. The number of hydrogen-bond donors (Lipinski definition) is 2. The summed E-state index contributed by atoms with van der Waals surface area (Å²) in [4.78, 5) is 0. The van der Waals surface area contributed by atoms with E-state index in [1.807, 2.05) is 0 Å². The van der Waals surface area contributed by atoms with Crippen LogP contribution >= 0.6 is 23.2 Å². The minimum atomic E-state index is -4.52. The molecule has 2 aliphatic rings. The van der Waals surface area contributed by atoms with Gasteiger partial charge in [-0.1, -0.05) is 23.2 Å². The molecule has 1 aliphatic carbocycles. The molecule has 0 spiro atoms. The van der Waals surface area contributed by atoms with Crippen LogP contribution in [0.25, 0.3) is 16.9 Å². The summed E-state index contributed by atoms with van der Waals surface area (Å²) in [5, 5.41) is 12.0. The zero-order valence-electron chi connectivity index (χ0n) is 10.2.